The molecular formula is C16H14N2O4. The Hall–Kier alpha value is -2.99. The highest BCUT2D eigenvalue weighted by Gasteiger charge is 2.18. The maximum atomic E-state index is 11.1. The molecule has 0 radical (unpaired) electrons. The third kappa shape index (κ3) is 2.87. The molecule has 0 aliphatic heterocycles. The van der Waals surface area contributed by atoms with Crippen molar-refractivity contribution in [2.45, 2.75) is 6.10 Å². The summed E-state index contributed by atoms with van der Waals surface area (Å²) < 4.78 is 5.69. The Morgan fingerprint density at radius 2 is 1.68 bits per heavy atom. The lowest BCUT2D eigenvalue weighted by Gasteiger charge is -2.11. The van der Waals surface area contributed by atoms with E-state index in [-0.39, 0.29) is 11.6 Å². The molecule has 0 saturated heterocycles. The SMILES string of the molecule is O=c1[nH]c(O)c(C(O)c2cccc(Oc3ccccc3)c2)[nH]1. The maximum absolute atomic E-state index is 11.1. The Morgan fingerprint density at radius 3 is 2.36 bits per heavy atom. The van der Waals surface area contributed by atoms with Crippen LogP contribution in [0.2, 0.25) is 0 Å². The number of ether oxygens (including phenoxy) is 1. The second-order valence-electron chi connectivity index (χ2n) is 4.73. The van der Waals surface area contributed by atoms with Crippen LogP contribution in [0, 0.1) is 0 Å². The molecule has 1 heterocycles. The number of hydrogen-bond acceptors (Lipinski definition) is 4. The van der Waals surface area contributed by atoms with Crippen molar-refractivity contribution >= 4 is 0 Å². The Bertz CT molecular complexity index is 823. The van der Waals surface area contributed by atoms with Crippen LogP contribution in [0.4, 0.5) is 0 Å². The standard InChI is InChI=1S/C16H14N2O4/c19-14(13-15(20)18-16(21)17-13)10-5-4-8-12(9-10)22-11-6-2-1-3-7-11/h1-9,14,19-20H,(H2,17,18,21). The minimum Gasteiger partial charge on any atom is -0.493 e. The highest BCUT2D eigenvalue weighted by atomic mass is 16.5. The third-order valence-electron chi connectivity index (χ3n) is 3.16. The summed E-state index contributed by atoms with van der Waals surface area (Å²) in [5.74, 6) is 0.832. The molecule has 2 aromatic carbocycles. The first-order chi connectivity index (χ1) is 10.6. The number of aliphatic hydroxyl groups is 1. The normalized spacial score (nSPS) is 12.0. The minimum absolute atomic E-state index is 0.0156. The van der Waals surface area contributed by atoms with Crippen LogP contribution in [0.3, 0.4) is 0 Å². The average molecular weight is 298 g/mol. The van der Waals surface area contributed by atoms with E-state index in [1.54, 1.807) is 24.3 Å². The number of nitrogens with one attached hydrogen (secondary N) is 2. The summed E-state index contributed by atoms with van der Waals surface area (Å²) in [6, 6.07) is 16.0. The van der Waals surface area contributed by atoms with E-state index in [0.717, 1.165) is 0 Å². The lowest BCUT2D eigenvalue weighted by Crippen LogP contribution is -2.05. The van der Waals surface area contributed by atoms with E-state index in [1.807, 2.05) is 30.3 Å². The predicted molar refractivity (Wildman–Crippen MR) is 80.1 cm³/mol. The van der Waals surface area contributed by atoms with Crippen molar-refractivity contribution in [3.05, 3.63) is 76.3 Å². The van der Waals surface area contributed by atoms with Crippen molar-refractivity contribution in [1.29, 1.82) is 0 Å². The van der Waals surface area contributed by atoms with Crippen LogP contribution in [0.15, 0.2) is 59.4 Å². The molecule has 0 fully saturated rings. The summed E-state index contributed by atoms with van der Waals surface area (Å²) in [5, 5.41) is 19.9. The monoisotopic (exact) mass is 298 g/mol. The number of rotatable bonds is 4. The molecule has 0 bridgehead atoms. The Balaban J connectivity index is 1.87. The molecular weight excluding hydrogens is 284 g/mol. The molecule has 3 rings (SSSR count). The van der Waals surface area contributed by atoms with Crippen molar-refractivity contribution in [3.8, 4) is 17.4 Å². The van der Waals surface area contributed by atoms with E-state index in [9.17, 15) is 15.0 Å². The minimum atomic E-state index is -1.17. The van der Waals surface area contributed by atoms with E-state index >= 15 is 0 Å². The fourth-order valence-electron chi connectivity index (χ4n) is 2.12. The van der Waals surface area contributed by atoms with Gasteiger partial charge in [-0.3, -0.25) is 4.98 Å². The Kier molecular flexibility index (Phi) is 3.67. The van der Waals surface area contributed by atoms with Gasteiger partial charge < -0.3 is 19.9 Å². The fraction of sp³-hybridized carbons (Fsp3) is 0.0625. The van der Waals surface area contributed by atoms with Crippen molar-refractivity contribution in [2.24, 2.45) is 0 Å². The molecule has 0 aliphatic carbocycles. The second kappa shape index (κ2) is 5.79. The van der Waals surface area contributed by atoms with Crippen LogP contribution in [-0.4, -0.2) is 20.2 Å². The molecule has 0 saturated carbocycles. The number of aliphatic hydroxyl groups excluding tert-OH is 1. The first-order valence-electron chi connectivity index (χ1n) is 6.65. The van der Waals surface area contributed by atoms with Crippen molar-refractivity contribution in [3.63, 3.8) is 0 Å². The molecule has 0 spiro atoms. The first kappa shape index (κ1) is 14.0. The highest BCUT2D eigenvalue weighted by molar-refractivity contribution is 5.38. The summed E-state index contributed by atoms with van der Waals surface area (Å²) in [6.45, 7) is 0. The largest absolute Gasteiger partial charge is 0.493 e. The van der Waals surface area contributed by atoms with E-state index in [2.05, 4.69) is 9.97 Å². The van der Waals surface area contributed by atoms with Crippen LogP contribution in [0.25, 0.3) is 0 Å². The number of aromatic nitrogens is 2. The second-order valence-corrected chi connectivity index (χ2v) is 4.73. The molecule has 6 heteroatoms. The summed E-state index contributed by atoms with van der Waals surface area (Å²) in [4.78, 5) is 15.7. The number of benzene rings is 2. The molecule has 6 nitrogen and oxygen atoms in total. The maximum Gasteiger partial charge on any atom is 0.326 e. The fourth-order valence-corrected chi connectivity index (χ4v) is 2.12. The first-order valence-corrected chi connectivity index (χ1v) is 6.65. The third-order valence-corrected chi connectivity index (χ3v) is 3.16. The van der Waals surface area contributed by atoms with Gasteiger partial charge in [0.05, 0.1) is 0 Å². The lowest BCUT2D eigenvalue weighted by molar-refractivity contribution is 0.210. The van der Waals surface area contributed by atoms with Gasteiger partial charge in [0.15, 0.2) is 0 Å². The number of aromatic hydroxyl groups is 1. The van der Waals surface area contributed by atoms with E-state index in [4.69, 9.17) is 4.74 Å². The average Bonchev–Trinajstić information content (AvgIpc) is 2.86. The van der Waals surface area contributed by atoms with Gasteiger partial charge in [-0.1, -0.05) is 30.3 Å². The molecule has 112 valence electrons. The molecule has 22 heavy (non-hydrogen) atoms. The zero-order valence-electron chi connectivity index (χ0n) is 11.5. The van der Waals surface area contributed by atoms with Gasteiger partial charge in [0.25, 0.3) is 0 Å². The van der Waals surface area contributed by atoms with Gasteiger partial charge in [0, 0.05) is 0 Å². The quantitative estimate of drug-likeness (QED) is 0.594. The zero-order chi connectivity index (χ0) is 15.5. The zero-order valence-corrected chi connectivity index (χ0v) is 11.5. The number of aromatic amines is 2. The van der Waals surface area contributed by atoms with Gasteiger partial charge in [0.1, 0.15) is 23.3 Å². The summed E-state index contributed by atoms with van der Waals surface area (Å²) in [7, 11) is 0. The number of imidazole rings is 1. The number of hydrogen-bond donors (Lipinski definition) is 4. The predicted octanol–water partition coefficient (Wildman–Crippen LogP) is 2.28. The van der Waals surface area contributed by atoms with Crippen LogP contribution >= 0.6 is 0 Å². The smallest absolute Gasteiger partial charge is 0.326 e. The summed E-state index contributed by atoms with van der Waals surface area (Å²) in [5.41, 5.74) is -0.0796. The molecule has 1 aromatic heterocycles. The van der Waals surface area contributed by atoms with Crippen LogP contribution in [0.1, 0.15) is 17.4 Å². The van der Waals surface area contributed by atoms with Gasteiger partial charge >= 0.3 is 5.69 Å². The highest BCUT2D eigenvalue weighted by Crippen LogP contribution is 2.29. The van der Waals surface area contributed by atoms with Gasteiger partial charge in [-0.15, -0.1) is 0 Å². The molecule has 0 aliphatic rings. The van der Waals surface area contributed by atoms with Crippen LogP contribution < -0.4 is 10.4 Å². The van der Waals surface area contributed by atoms with Crippen molar-refractivity contribution < 1.29 is 14.9 Å². The van der Waals surface area contributed by atoms with E-state index < -0.39 is 11.8 Å². The molecule has 4 N–H and O–H groups in total. The number of H-pyrrole nitrogens is 2. The lowest BCUT2D eigenvalue weighted by atomic mass is 10.1. The van der Waals surface area contributed by atoms with Gasteiger partial charge in [-0.2, -0.15) is 0 Å². The molecule has 1 unspecified atom stereocenters. The summed E-state index contributed by atoms with van der Waals surface area (Å²) >= 11 is 0. The van der Waals surface area contributed by atoms with Crippen molar-refractivity contribution in [1.82, 2.24) is 9.97 Å². The van der Waals surface area contributed by atoms with Crippen molar-refractivity contribution in [2.75, 3.05) is 0 Å². The summed E-state index contributed by atoms with van der Waals surface area (Å²) in [6.07, 6.45) is -1.17. The van der Waals surface area contributed by atoms with E-state index in [0.29, 0.717) is 17.1 Å². The molecule has 0 amide bonds. The Morgan fingerprint density at radius 1 is 0.955 bits per heavy atom. The van der Waals surface area contributed by atoms with Gasteiger partial charge in [0.2, 0.25) is 5.88 Å². The van der Waals surface area contributed by atoms with Gasteiger partial charge in [-0.05, 0) is 29.8 Å². The van der Waals surface area contributed by atoms with Crippen LogP contribution in [-0.2, 0) is 0 Å². The molecule has 3 aromatic rings. The van der Waals surface area contributed by atoms with E-state index in [1.165, 1.54) is 0 Å². The Labute approximate surface area is 125 Å². The topological polar surface area (TPSA) is 98.3 Å². The molecule has 1 atom stereocenters. The van der Waals surface area contributed by atoms with Crippen LogP contribution in [0.5, 0.6) is 17.4 Å². The van der Waals surface area contributed by atoms with Gasteiger partial charge in [-0.25, -0.2) is 4.79 Å². The number of para-hydroxylation sites is 1.